The molecule has 0 heterocycles. The second-order valence-corrected chi connectivity index (χ2v) is 4.14. The van der Waals surface area contributed by atoms with E-state index in [1.165, 1.54) is 6.07 Å². The number of nitrogens with one attached hydrogen (secondary N) is 1. The molecule has 0 aliphatic carbocycles. The minimum atomic E-state index is -0.461. The summed E-state index contributed by atoms with van der Waals surface area (Å²) in [7, 11) is 0. The maximum Gasteiger partial charge on any atom is 0.294 e. The largest absolute Gasteiger partial charge is 0.294 e. The van der Waals surface area contributed by atoms with Gasteiger partial charge in [-0.25, -0.2) is 0 Å². The number of halogens is 1. The average Bonchev–Trinajstić information content (AvgIpc) is 2.39. The van der Waals surface area contributed by atoms with Crippen LogP contribution in [-0.4, -0.2) is 11.1 Å². The van der Waals surface area contributed by atoms with Crippen LogP contribution in [0.25, 0.3) is 0 Å². The van der Waals surface area contributed by atoms with Crippen molar-refractivity contribution in [2.24, 2.45) is 5.10 Å². The summed E-state index contributed by atoms with van der Waals surface area (Å²) in [6.45, 7) is 0. The van der Waals surface area contributed by atoms with Crippen molar-refractivity contribution in [3.8, 4) is 0 Å². The molecule has 0 aromatic heterocycles. The van der Waals surface area contributed by atoms with E-state index >= 15 is 0 Å². The third-order valence-electron chi connectivity index (χ3n) is 2.35. The van der Waals surface area contributed by atoms with Gasteiger partial charge in [-0.1, -0.05) is 35.9 Å². The summed E-state index contributed by atoms with van der Waals surface area (Å²) in [5.74, 6) is 0. The zero-order valence-corrected chi connectivity index (χ0v) is 10.5. The van der Waals surface area contributed by atoms with E-state index in [-0.39, 0.29) is 5.69 Å². The van der Waals surface area contributed by atoms with E-state index in [0.29, 0.717) is 10.7 Å². The molecule has 0 saturated heterocycles. The van der Waals surface area contributed by atoms with Gasteiger partial charge in [-0.15, -0.1) is 0 Å². The van der Waals surface area contributed by atoms with Gasteiger partial charge < -0.3 is 0 Å². The molecule has 0 aliphatic heterocycles. The Morgan fingerprint density at radius 2 is 2.00 bits per heavy atom. The fourth-order valence-electron chi connectivity index (χ4n) is 1.49. The molecule has 0 radical (unpaired) electrons. The topological polar surface area (TPSA) is 67.5 Å². The molecule has 2 rings (SSSR count). The van der Waals surface area contributed by atoms with Gasteiger partial charge in [-0.2, -0.15) is 5.10 Å². The number of anilines is 1. The van der Waals surface area contributed by atoms with Crippen LogP contribution in [0.1, 0.15) is 5.56 Å². The third-order valence-corrected chi connectivity index (χ3v) is 2.58. The normalized spacial score (nSPS) is 10.6. The van der Waals surface area contributed by atoms with Gasteiger partial charge in [-0.05, 0) is 23.8 Å². The summed E-state index contributed by atoms with van der Waals surface area (Å²) in [6, 6.07) is 13.4. The predicted molar refractivity (Wildman–Crippen MR) is 75.8 cm³/mol. The number of nitro benzene ring substituents is 1. The molecule has 5 nitrogen and oxygen atoms in total. The Hall–Kier alpha value is -2.40. The van der Waals surface area contributed by atoms with E-state index in [2.05, 4.69) is 10.5 Å². The number of hydrazone groups is 1. The van der Waals surface area contributed by atoms with Crippen molar-refractivity contribution in [2.45, 2.75) is 0 Å². The van der Waals surface area contributed by atoms with E-state index in [9.17, 15) is 10.1 Å². The number of hydrogen-bond donors (Lipinski definition) is 1. The maximum absolute atomic E-state index is 10.8. The van der Waals surface area contributed by atoms with Crippen molar-refractivity contribution < 1.29 is 4.92 Å². The van der Waals surface area contributed by atoms with E-state index < -0.39 is 4.92 Å². The van der Waals surface area contributed by atoms with Crippen LogP contribution in [0.5, 0.6) is 0 Å². The smallest absolute Gasteiger partial charge is 0.272 e. The number of para-hydroxylation sites is 2. The summed E-state index contributed by atoms with van der Waals surface area (Å²) in [6.07, 6.45) is 1.54. The number of nitro groups is 1. The summed E-state index contributed by atoms with van der Waals surface area (Å²) in [5.41, 5.74) is 3.77. The number of hydrogen-bond acceptors (Lipinski definition) is 4. The lowest BCUT2D eigenvalue weighted by Gasteiger charge is -2.01. The fraction of sp³-hybridized carbons (Fsp3) is 0. The SMILES string of the molecule is O=[N+]([O-])c1ccccc1N/N=C/c1cccc(Cl)c1. The second-order valence-electron chi connectivity index (χ2n) is 3.70. The van der Waals surface area contributed by atoms with Crippen molar-refractivity contribution in [1.82, 2.24) is 0 Å². The van der Waals surface area contributed by atoms with Gasteiger partial charge in [-0.3, -0.25) is 15.5 Å². The van der Waals surface area contributed by atoms with Crippen LogP contribution in [0.2, 0.25) is 5.02 Å². The Balaban J connectivity index is 2.13. The average molecular weight is 276 g/mol. The van der Waals surface area contributed by atoms with Crippen molar-refractivity contribution in [3.63, 3.8) is 0 Å². The first-order chi connectivity index (χ1) is 9.16. The first-order valence-corrected chi connectivity index (χ1v) is 5.82. The second kappa shape index (κ2) is 5.97. The number of benzene rings is 2. The highest BCUT2D eigenvalue weighted by Gasteiger charge is 2.10. The zero-order valence-electron chi connectivity index (χ0n) is 9.79. The Kier molecular flexibility index (Phi) is 4.10. The van der Waals surface area contributed by atoms with Gasteiger partial charge in [0.2, 0.25) is 0 Å². The predicted octanol–water partition coefficient (Wildman–Crippen LogP) is 3.69. The van der Waals surface area contributed by atoms with E-state index in [0.717, 1.165) is 5.56 Å². The zero-order chi connectivity index (χ0) is 13.7. The van der Waals surface area contributed by atoms with Gasteiger partial charge in [0.05, 0.1) is 11.1 Å². The third kappa shape index (κ3) is 3.53. The summed E-state index contributed by atoms with van der Waals surface area (Å²) in [4.78, 5) is 10.3. The molecule has 0 amide bonds. The van der Waals surface area contributed by atoms with Crippen LogP contribution < -0.4 is 5.43 Å². The molecule has 1 N–H and O–H groups in total. The molecule has 0 saturated carbocycles. The molecule has 0 fully saturated rings. The van der Waals surface area contributed by atoms with Gasteiger partial charge in [0.25, 0.3) is 5.69 Å². The lowest BCUT2D eigenvalue weighted by Crippen LogP contribution is -1.96. The first kappa shape index (κ1) is 13.0. The van der Waals surface area contributed by atoms with Gasteiger partial charge >= 0.3 is 0 Å². The van der Waals surface area contributed by atoms with Gasteiger partial charge in [0.1, 0.15) is 5.69 Å². The fourth-order valence-corrected chi connectivity index (χ4v) is 1.69. The van der Waals surface area contributed by atoms with Crippen molar-refractivity contribution >= 4 is 29.2 Å². The number of rotatable bonds is 4. The van der Waals surface area contributed by atoms with Crippen LogP contribution in [0.4, 0.5) is 11.4 Å². The summed E-state index contributed by atoms with van der Waals surface area (Å²) < 4.78 is 0. The number of nitrogens with zero attached hydrogens (tertiary/aromatic N) is 2. The highest BCUT2D eigenvalue weighted by atomic mass is 35.5. The molecular weight excluding hydrogens is 266 g/mol. The lowest BCUT2D eigenvalue weighted by molar-refractivity contribution is -0.384. The first-order valence-electron chi connectivity index (χ1n) is 5.45. The molecule has 0 unspecified atom stereocenters. The van der Waals surface area contributed by atoms with E-state index in [4.69, 9.17) is 11.6 Å². The molecule has 2 aromatic carbocycles. The Morgan fingerprint density at radius 3 is 2.74 bits per heavy atom. The highest BCUT2D eigenvalue weighted by Crippen LogP contribution is 2.22. The molecule has 0 spiro atoms. The van der Waals surface area contributed by atoms with Crippen molar-refractivity contribution in [3.05, 3.63) is 69.2 Å². The van der Waals surface area contributed by atoms with Crippen LogP contribution in [-0.2, 0) is 0 Å². The van der Waals surface area contributed by atoms with Crippen molar-refractivity contribution in [1.29, 1.82) is 0 Å². The lowest BCUT2D eigenvalue weighted by atomic mass is 10.2. The molecule has 19 heavy (non-hydrogen) atoms. The summed E-state index contributed by atoms with van der Waals surface area (Å²) >= 11 is 5.84. The van der Waals surface area contributed by atoms with Gasteiger partial charge in [0.15, 0.2) is 0 Å². The highest BCUT2D eigenvalue weighted by molar-refractivity contribution is 6.30. The van der Waals surface area contributed by atoms with E-state index in [1.807, 2.05) is 6.07 Å². The quantitative estimate of drug-likeness (QED) is 0.525. The summed E-state index contributed by atoms with van der Waals surface area (Å²) in [5, 5.41) is 15.4. The molecule has 0 atom stereocenters. The molecule has 2 aromatic rings. The van der Waals surface area contributed by atoms with E-state index in [1.54, 1.807) is 42.6 Å². The molecule has 6 heteroatoms. The van der Waals surface area contributed by atoms with Crippen LogP contribution in [0.3, 0.4) is 0 Å². The van der Waals surface area contributed by atoms with Crippen LogP contribution in [0, 0.1) is 10.1 Å². The van der Waals surface area contributed by atoms with Crippen molar-refractivity contribution in [2.75, 3.05) is 5.43 Å². The standard InChI is InChI=1S/C13H10ClN3O2/c14-11-5-3-4-10(8-11)9-15-16-12-6-1-2-7-13(12)17(18)19/h1-9,16H/b15-9+. The molecular formula is C13H10ClN3O2. The molecule has 96 valence electrons. The van der Waals surface area contributed by atoms with Crippen LogP contribution in [0.15, 0.2) is 53.6 Å². The minimum Gasteiger partial charge on any atom is -0.272 e. The maximum atomic E-state index is 10.8. The Labute approximate surface area is 114 Å². The Morgan fingerprint density at radius 1 is 1.21 bits per heavy atom. The Bertz CT molecular complexity index is 629. The van der Waals surface area contributed by atoms with Gasteiger partial charge in [0, 0.05) is 11.1 Å². The van der Waals surface area contributed by atoms with Crippen LogP contribution >= 0.6 is 11.6 Å². The molecule has 0 aliphatic rings. The molecule has 0 bridgehead atoms. The monoisotopic (exact) mass is 275 g/mol. The minimum absolute atomic E-state index is 0.0225.